The SMILES string of the molecule is Cc1ccc2c(c1C)CCC1C2CC=C2CC(C(=O)O)CCC21C. The van der Waals surface area contributed by atoms with Gasteiger partial charge in [-0.15, -0.1) is 0 Å². The molecule has 4 rings (SSSR count). The highest BCUT2D eigenvalue weighted by Crippen LogP contribution is 2.59. The van der Waals surface area contributed by atoms with Crippen molar-refractivity contribution in [3.05, 3.63) is 46.0 Å². The van der Waals surface area contributed by atoms with E-state index in [0.717, 1.165) is 25.7 Å². The maximum Gasteiger partial charge on any atom is 0.306 e. The van der Waals surface area contributed by atoms with E-state index in [0.29, 0.717) is 11.8 Å². The van der Waals surface area contributed by atoms with Gasteiger partial charge in [0.2, 0.25) is 0 Å². The van der Waals surface area contributed by atoms with Gasteiger partial charge in [-0.2, -0.15) is 0 Å². The number of aliphatic carboxylic acids is 1. The second-order valence-corrected chi connectivity index (χ2v) is 8.49. The molecule has 0 heterocycles. The molecule has 0 amide bonds. The van der Waals surface area contributed by atoms with Crippen LogP contribution in [-0.4, -0.2) is 11.1 Å². The molecule has 0 radical (unpaired) electrons. The van der Waals surface area contributed by atoms with Crippen molar-refractivity contribution in [3.8, 4) is 0 Å². The molecule has 1 fully saturated rings. The van der Waals surface area contributed by atoms with Crippen LogP contribution < -0.4 is 0 Å². The second kappa shape index (κ2) is 5.47. The molecule has 128 valence electrons. The van der Waals surface area contributed by atoms with E-state index in [-0.39, 0.29) is 11.3 Å². The third-order valence-electron chi connectivity index (χ3n) is 7.49. The van der Waals surface area contributed by atoms with Crippen molar-refractivity contribution in [2.45, 2.75) is 65.2 Å². The van der Waals surface area contributed by atoms with Crippen molar-refractivity contribution in [1.29, 1.82) is 0 Å². The number of aryl methyl sites for hydroxylation is 1. The second-order valence-electron chi connectivity index (χ2n) is 8.49. The molecule has 4 atom stereocenters. The fourth-order valence-corrected chi connectivity index (χ4v) is 5.80. The van der Waals surface area contributed by atoms with E-state index >= 15 is 0 Å². The van der Waals surface area contributed by atoms with Crippen molar-refractivity contribution in [3.63, 3.8) is 0 Å². The van der Waals surface area contributed by atoms with E-state index in [4.69, 9.17) is 0 Å². The number of fused-ring (bicyclic) bond motifs is 5. The molecule has 0 saturated heterocycles. The molecule has 1 aromatic carbocycles. The first kappa shape index (κ1) is 15.9. The van der Waals surface area contributed by atoms with Crippen LogP contribution in [0.2, 0.25) is 0 Å². The monoisotopic (exact) mass is 324 g/mol. The summed E-state index contributed by atoms with van der Waals surface area (Å²) in [4.78, 5) is 11.4. The first-order valence-electron chi connectivity index (χ1n) is 9.43. The van der Waals surface area contributed by atoms with E-state index in [1.807, 2.05) is 0 Å². The molecule has 0 spiro atoms. The van der Waals surface area contributed by atoms with Gasteiger partial charge in [-0.05, 0) is 91.9 Å². The van der Waals surface area contributed by atoms with Gasteiger partial charge in [0, 0.05) is 0 Å². The van der Waals surface area contributed by atoms with Crippen LogP contribution in [0.4, 0.5) is 0 Å². The standard InChI is InChI=1S/C22H28O2/c1-13-4-6-18-17(14(13)2)8-9-20-19(18)7-5-16-12-15(21(23)24)10-11-22(16,20)3/h4-6,15,19-20H,7-12H2,1-3H3,(H,23,24). The van der Waals surface area contributed by atoms with Gasteiger partial charge in [0.05, 0.1) is 5.92 Å². The Morgan fingerprint density at radius 3 is 2.79 bits per heavy atom. The van der Waals surface area contributed by atoms with Gasteiger partial charge >= 0.3 is 5.97 Å². The van der Waals surface area contributed by atoms with Gasteiger partial charge in [0.1, 0.15) is 0 Å². The fraction of sp³-hybridized carbons (Fsp3) is 0.591. The predicted molar refractivity (Wildman–Crippen MR) is 96.3 cm³/mol. The molecular formula is C22H28O2. The summed E-state index contributed by atoms with van der Waals surface area (Å²) in [5.41, 5.74) is 7.72. The lowest BCUT2D eigenvalue weighted by molar-refractivity contribution is -0.143. The molecule has 1 N–H and O–H groups in total. The van der Waals surface area contributed by atoms with Crippen LogP contribution in [0.5, 0.6) is 0 Å². The minimum Gasteiger partial charge on any atom is -0.481 e. The number of hydrogen-bond donors (Lipinski definition) is 1. The summed E-state index contributed by atoms with van der Waals surface area (Å²) in [5, 5.41) is 9.40. The zero-order valence-electron chi connectivity index (χ0n) is 15.1. The highest BCUT2D eigenvalue weighted by atomic mass is 16.4. The fourth-order valence-electron chi connectivity index (χ4n) is 5.80. The van der Waals surface area contributed by atoms with Crippen molar-refractivity contribution in [2.75, 3.05) is 0 Å². The van der Waals surface area contributed by atoms with Crippen LogP contribution in [0.1, 0.15) is 67.2 Å². The summed E-state index contributed by atoms with van der Waals surface area (Å²) in [6.45, 7) is 6.91. The number of hydrogen-bond acceptors (Lipinski definition) is 1. The number of carbonyl (C=O) groups is 1. The summed E-state index contributed by atoms with van der Waals surface area (Å²) in [5.74, 6) is 0.534. The van der Waals surface area contributed by atoms with Crippen LogP contribution in [0.15, 0.2) is 23.8 Å². The topological polar surface area (TPSA) is 37.3 Å². The Hall–Kier alpha value is -1.57. The normalized spacial score (nSPS) is 34.6. The average molecular weight is 324 g/mol. The zero-order valence-corrected chi connectivity index (χ0v) is 15.1. The Bertz CT molecular complexity index is 730. The van der Waals surface area contributed by atoms with Crippen LogP contribution >= 0.6 is 0 Å². The highest BCUT2D eigenvalue weighted by molar-refractivity contribution is 5.70. The molecule has 24 heavy (non-hydrogen) atoms. The first-order valence-corrected chi connectivity index (χ1v) is 9.43. The summed E-state index contributed by atoms with van der Waals surface area (Å²) >= 11 is 0. The lowest BCUT2D eigenvalue weighted by Gasteiger charge is -2.52. The summed E-state index contributed by atoms with van der Waals surface area (Å²) in [6, 6.07) is 4.67. The van der Waals surface area contributed by atoms with Crippen LogP contribution in [-0.2, 0) is 11.2 Å². The molecule has 1 aromatic rings. The Balaban J connectivity index is 1.72. The van der Waals surface area contributed by atoms with Gasteiger partial charge in [0.15, 0.2) is 0 Å². The van der Waals surface area contributed by atoms with Gasteiger partial charge in [-0.3, -0.25) is 4.79 Å². The molecule has 2 heteroatoms. The predicted octanol–water partition coefficient (Wildman–Crippen LogP) is 5.17. The Kier molecular flexibility index (Phi) is 3.63. The van der Waals surface area contributed by atoms with E-state index in [1.54, 1.807) is 11.1 Å². The molecule has 0 aromatic heterocycles. The van der Waals surface area contributed by atoms with Crippen molar-refractivity contribution in [1.82, 2.24) is 0 Å². The molecule has 3 aliphatic rings. The highest BCUT2D eigenvalue weighted by Gasteiger charge is 2.49. The quantitative estimate of drug-likeness (QED) is 0.724. The molecule has 0 aliphatic heterocycles. The van der Waals surface area contributed by atoms with Gasteiger partial charge in [-0.25, -0.2) is 0 Å². The minimum atomic E-state index is -0.611. The minimum absolute atomic E-state index is 0.165. The molecule has 1 saturated carbocycles. The number of benzene rings is 1. The number of carboxylic acid groups (broad SMARTS) is 1. The Labute approximate surface area is 145 Å². The Morgan fingerprint density at radius 1 is 1.25 bits per heavy atom. The number of allylic oxidation sites excluding steroid dienone is 2. The zero-order chi connectivity index (χ0) is 17.1. The third kappa shape index (κ3) is 2.18. The van der Waals surface area contributed by atoms with E-state index in [2.05, 4.69) is 39.0 Å². The maximum absolute atomic E-state index is 11.4. The maximum atomic E-state index is 11.4. The smallest absolute Gasteiger partial charge is 0.306 e. The van der Waals surface area contributed by atoms with E-state index in [1.165, 1.54) is 29.5 Å². The van der Waals surface area contributed by atoms with Crippen molar-refractivity contribution in [2.24, 2.45) is 17.3 Å². The van der Waals surface area contributed by atoms with E-state index in [9.17, 15) is 9.90 Å². The lowest BCUT2D eigenvalue weighted by Crippen LogP contribution is -2.43. The number of carboxylic acids is 1. The van der Waals surface area contributed by atoms with Crippen molar-refractivity contribution >= 4 is 5.97 Å². The van der Waals surface area contributed by atoms with Gasteiger partial charge < -0.3 is 5.11 Å². The lowest BCUT2D eigenvalue weighted by atomic mass is 9.52. The largest absolute Gasteiger partial charge is 0.481 e. The van der Waals surface area contributed by atoms with Gasteiger partial charge in [-0.1, -0.05) is 30.7 Å². The van der Waals surface area contributed by atoms with E-state index < -0.39 is 5.97 Å². The van der Waals surface area contributed by atoms with Crippen LogP contribution in [0.25, 0.3) is 0 Å². The molecular weight excluding hydrogens is 296 g/mol. The van der Waals surface area contributed by atoms with Crippen molar-refractivity contribution < 1.29 is 9.90 Å². The van der Waals surface area contributed by atoms with Crippen LogP contribution in [0.3, 0.4) is 0 Å². The van der Waals surface area contributed by atoms with Gasteiger partial charge in [0.25, 0.3) is 0 Å². The summed E-state index contributed by atoms with van der Waals surface area (Å²) in [6.07, 6.45) is 8.60. The molecule has 3 aliphatic carbocycles. The third-order valence-corrected chi connectivity index (χ3v) is 7.49. The Morgan fingerprint density at radius 2 is 2.04 bits per heavy atom. The molecule has 2 nitrogen and oxygen atoms in total. The van der Waals surface area contributed by atoms with Crippen LogP contribution in [0, 0.1) is 31.1 Å². The average Bonchev–Trinajstić information content (AvgIpc) is 2.56. The first-order chi connectivity index (χ1) is 11.4. The molecule has 4 unspecified atom stereocenters. The molecule has 0 bridgehead atoms. The summed E-state index contributed by atoms with van der Waals surface area (Å²) < 4.78 is 0. The summed E-state index contributed by atoms with van der Waals surface area (Å²) in [7, 11) is 0. The number of rotatable bonds is 1.